The minimum absolute atomic E-state index is 0.237. The molecule has 2 fully saturated rings. The van der Waals surface area contributed by atoms with Gasteiger partial charge in [-0.15, -0.1) is 0 Å². The van der Waals surface area contributed by atoms with Gasteiger partial charge in [0.25, 0.3) is 0 Å². The molecule has 0 aliphatic carbocycles. The van der Waals surface area contributed by atoms with Crippen LogP contribution in [0, 0.1) is 0 Å². The van der Waals surface area contributed by atoms with E-state index < -0.39 is 0 Å². The molecule has 2 aliphatic rings. The molecular formula is C16H31N3O2. The van der Waals surface area contributed by atoms with Crippen molar-refractivity contribution in [3.63, 3.8) is 0 Å². The highest BCUT2D eigenvalue weighted by atomic mass is 16.3. The van der Waals surface area contributed by atoms with Gasteiger partial charge in [-0.05, 0) is 32.6 Å². The first-order chi connectivity index (χ1) is 10.2. The number of carbonyl (C=O) groups excluding carboxylic acids is 1. The van der Waals surface area contributed by atoms with Crippen LogP contribution < -0.4 is 0 Å². The topological polar surface area (TPSA) is 47.0 Å². The lowest BCUT2D eigenvalue weighted by Gasteiger charge is -2.40. The molecule has 5 nitrogen and oxygen atoms in total. The van der Waals surface area contributed by atoms with Crippen LogP contribution >= 0.6 is 0 Å². The highest BCUT2D eigenvalue weighted by Crippen LogP contribution is 2.17. The normalized spacial score (nSPS) is 26.8. The van der Waals surface area contributed by atoms with Gasteiger partial charge in [-0.2, -0.15) is 0 Å². The van der Waals surface area contributed by atoms with E-state index in [-0.39, 0.29) is 12.6 Å². The van der Waals surface area contributed by atoms with Crippen molar-refractivity contribution in [2.75, 3.05) is 45.9 Å². The van der Waals surface area contributed by atoms with Gasteiger partial charge in [0.15, 0.2) is 0 Å². The van der Waals surface area contributed by atoms with Gasteiger partial charge < -0.3 is 10.0 Å². The molecule has 2 heterocycles. The smallest absolute Gasteiger partial charge is 0.236 e. The Morgan fingerprint density at radius 2 is 1.90 bits per heavy atom. The highest BCUT2D eigenvalue weighted by molar-refractivity contribution is 5.78. The van der Waals surface area contributed by atoms with Gasteiger partial charge in [-0.25, -0.2) is 0 Å². The number of aliphatic hydroxyl groups excluding tert-OH is 1. The standard InChI is InChI=1S/C16H31N3O2/c1-3-15(13-20)18-10-8-17(9-11-18)12-16(21)19-7-5-4-6-14(19)2/h14-15,20H,3-13H2,1-2H3. The Hall–Kier alpha value is -0.650. The molecule has 122 valence electrons. The third-order valence-electron chi connectivity index (χ3n) is 5.09. The third-order valence-corrected chi connectivity index (χ3v) is 5.09. The maximum absolute atomic E-state index is 12.4. The zero-order valence-electron chi connectivity index (χ0n) is 13.6. The maximum Gasteiger partial charge on any atom is 0.236 e. The summed E-state index contributed by atoms with van der Waals surface area (Å²) in [5, 5.41) is 9.37. The molecule has 0 saturated carbocycles. The number of hydrogen-bond donors (Lipinski definition) is 1. The predicted octanol–water partition coefficient (Wildman–Crippen LogP) is 0.776. The summed E-state index contributed by atoms with van der Waals surface area (Å²) >= 11 is 0. The molecule has 0 aromatic carbocycles. The Bertz CT molecular complexity index is 325. The molecule has 2 unspecified atom stereocenters. The van der Waals surface area contributed by atoms with Gasteiger partial charge in [0.05, 0.1) is 13.2 Å². The van der Waals surface area contributed by atoms with Crippen molar-refractivity contribution in [1.29, 1.82) is 0 Å². The lowest BCUT2D eigenvalue weighted by molar-refractivity contribution is -0.136. The Morgan fingerprint density at radius 1 is 1.19 bits per heavy atom. The quantitative estimate of drug-likeness (QED) is 0.814. The number of piperidine rings is 1. The molecule has 2 aliphatic heterocycles. The number of nitrogens with zero attached hydrogens (tertiary/aromatic N) is 3. The fourth-order valence-corrected chi connectivity index (χ4v) is 3.54. The predicted molar refractivity (Wildman–Crippen MR) is 84.2 cm³/mol. The van der Waals surface area contributed by atoms with Crippen LogP contribution in [0.5, 0.6) is 0 Å². The summed E-state index contributed by atoms with van der Waals surface area (Å²) in [6.07, 6.45) is 4.54. The first-order valence-electron chi connectivity index (χ1n) is 8.52. The highest BCUT2D eigenvalue weighted by Gasteiger charge is 2.27. The monoisotopic (exact) mass is 297 g/mol. The van der Waals surface area contributed by atoms with E-state index in [9.17, 15) is 9.90 Å². The van der Waals surface area contributed by atoms with E-state index >= 15 is 0 Å². The van der Waals surface area contributed by atoms with E-state index in [1.807, 2.05) is 0 Å². The number of likely N-dealkylation sites (tertiary alicyclic amines) is 1. The van der Waals surface area contributed by atoms with E-state index in [1.54, 1.807) is 0 Å². The summed E-state index contributed by atoms with van der Waals surface area (Å²) in [6, 6.07) is 0.691. The SMILES string of the molecule is CCC(CO)N1CCN(CC(=O)N2CCCCC2C)CC1. The molecule has 0 aromatic heterocycles. The van der Waals surface area contributed by atoms with Crippen LogP contribution in [0.4, 0.5) is 0 Å². The average Bonchev–Trinajstić information content (AvgIpc) is 2.50. The van der Waals surface area contributed by atoms with E-state index in [1.165, 1.54) is 6.42 Å². The molecule has 1 amide bonds. The number of hydrogen-bond acceptors (Lipinski definition) is 4. The largest absolute Gasteiger partial charge is 0.395 e. The van der Waals surface area contributed by atoms with Gasteiger partial charge in [-0.3, -0.25) is 14.6 Å². The van der Waals surface area contributed by atoms with Gasteiger partial charge in [0.2, 0.25) is 5.91 Å². The van der Waals surface area contributed by atoms with E-state index in [0.29, 0.717) is 18.5 Å². The van der Waals surface area contributed by atoms with Crippen molar-refractivity contribution in [2.24, 2.45) is 0 Å². The lowest BCUT2D eigenvalue weighted by atomic mass is 10.0. The van der Waals surface area contributed by atoms with Crippen LogP contribution in [0.2, 0.25) is 0 Å². The molecule has 5 heteroatoms. The number of carbonyl (C=O) groups is 1. The van der Waals surface area contributed by atoms with Gasteiger partial charge >= 0.3 is 0 Å². The van der Waals surface area contributed by atoms with Crippen LogP contribution in [0.3, 0.4) is 0 Å². The molecule has 2 saturated heterocycles. The summed E-state index contributed by atoms with van der Waals surface area (Å²) in [6.45, 7) is 9.81. The Kier molecular flexibility index (Phi) is 6.45. The van der Waals surface area contributed by atoms with Crippen molar-refractivity contribution >= 4 is 5.91 Å². The third kappa shape index (κ3) is 4.41. The number of piperazine rings is 1. The van der Waals surface area contributed by atoms with Crippen LogP contribution in [0.15, 0.2) is 0 Å². The fourth-order valence-electron chi connectivity index (χ4n) is 3.54. The molecule has 0 bridgehead atoms. The molecule has 0 radical (unpaired) electrons. The molecule has 0 aromatic rings. The Morgan fingerprint density at radius 3 is 2.48 bits per heavy atom. The molecule has 2 rings (SSSR count). The first kappa shape index (κ1) is 16.7. The first-order valence-corrected chi connectivity index (χ1v) is 8.52. The Balaban J connectivity index is 1.76. The summed E-state index contributed by atoms with van der Waals surface area (Å²) in [5.74, 6) is 0.296. The lowest BCUT2D eigenvalue weighted by Crippen LogP contribution is -2.54. The number of rotatable bonds is 5. The van der Waals surface area contributed by atoms with E-state index in [0.717, 1.165) is 52.0 Å². The molecule has 21 heavy (non-hydrogen) atoms. The zero-order valence-corrected chi connectivity index (χ0v) is 13.6. The van der Waals surface area contributed by atoms with Crippen molar-refractivity contribution in [2.45, 2.75) is 51.6 Å². The van der Waals surface area contributed by atoms with Crippen molar-refractivity contribution in [3.8, 4) is 0 Å². The van der Waals surface area contributed by atoms with Crippen LogP contribution in [-0.4, -0.2) is 83.7 Å². The fraction of sp³-hybridized carbons (Fsp3) is 0.938. The van der Waals surface area contributed by atoms with Gasteiger partial charge in [-0.1, -0.05) is 6.92 Å². The van der Waals surface area contributed by atoms with Crippen LogP contribution in [-0.2, 0) is 4.79 Å². The van der Waals surface area contributed by atoms with Gasteiger partial charge in [0, 0.05) is 44.8 Å². The number of aliphatic hydroxyl groups is 1. The van der Waals surface area contributed by atoms with Crippen molar-refractivity contribution in [1.82, 2.24) is 14.7 Å². The van der Waals surface area contributed by atoms with E-state index in [2.05, 4.69) is 28.5 Å². The van der Waals surface area contributed by atoms with Crippen molar-refractivity contribution < 1.29 is 9.90 Å². The van der Waals surface area contributed by atoms with Crippen LogP contribution in [0.25, 0.3) is 0 Å². The summed E-state index contributed by atoms with van der Waals surface area (Å²) < 4.78 is 0. The zero-order chi connectivity index (χ0) is 15.2. The van der Waals surface area contributed by atoms with Gasteiger partial charge in [0.1, 0.15) is 0 Å². The second-order valence-electron chi connectivity index (χ2n) is 6.49. The van der Waals surface area contributed by atoms with Crippen molar-refractivity contribution in [3.05, 3.63) is 0 Å². The molecule has 1 N–H and O–H groups in total. The summed E-state index contributed by atoms with van der Waals surface area (Å²) in [5.41, 5.74) is 0. The minimum atomic E-state index is 0.237. The Labute approximate surface area is 128 Å². The average molecular weight is 297 g/mol. The molecule has 2 atom stereocenters. The second-order valence-corrected chi connectivity index (χ2v) is 6.49. The maximum atomic E-state index is 12.4. The molecule has 0 spiro atoms. The number of amides is 1. The summed E-state index contributed by atoms with van der Waals surface area (Å²) in [4.78, 5) is 19.1. The summed E-state index contributed by atoms with van der Waals surface area (Å²) in [7, 11) is 0. The van der Waals surface area contributed by atoms with E-state index in [4.69, 9.17) is 0 Å². The second kappa shape index (κ2) is 8.11. The minimum Gasteiger partial charge on any atom is -0.395 e. The van der Waals surface area contributed by atoms with Crippen LogP contribution in [0.1, 0.15) is 39.5 Å². The molecular weight excluding hydrogens is 266 g/mol.